The Bertz CT molecular complexity index is 3350. The molecule has 32 nitrogen and oxygen atoms in total. The number of phenols is 1. The molecule has 0 spiro atoms. The normalized spacial score (nSPS) is 24.2. The minimum Gasteiger partial charge on any atom is -0.504 e. The molecule has 13 atom stereocenters. The van der Waals surface area contributed by atoms with Gasteiger partial charge < -0.3 is 85.8 Å². The van der Waals surface area contributed by atoms with Gasteiger partial charge in [0.15, 0.2) is 11.5 Å². The first-order valence-electron chi connectivity index (χ1n) is 30.7. The van der Waals surface area contributed by atoms with Gasteiger partial charge >= 0.3 is 0 Å². The Morgan fingerprint density at radius 3 is 2.10 bits per heavy atom. The Labute approximate surface area is 564 Å². The molecule has 3 aliphatic rings. The topological polar surface area (TPSA) is 449 Å². The number of hydrogen-bond donors (Lipinski definition) is 14. The van der Waals surface area contributed by atoms with E-state index in [0.717, 1.165) is 78.8 Å². The molecule has 0 saturated carbocycles. The molecule has 0 bridgehead atoms. The third-order valence-electron chi connectivity index (χ3n) is 16.1. The number of ether oxygens (including phenoxy) is 2. The second-order valence-electron chi connectivity index (χ2n) is 23.1. The van der Waals surface area contributed by atoms with Crippen molar-refractivity contribution in [2.45, 2.75) is 145 Å². The van der Waals surface area contributed by atoms with Crippen LogP contribution < -0.4 is 40.9 Å². The molecular formula is C61H80N12O20S3. The van der Waals surface area contributed by atoms with E-state index in [4.69, 9.17) is 25.5 Å². The van der Waals surface area contributed by atoms with Gasteiger partial charge in [0.2, 0.25) is 40.6 Å². The monoisotopic (exact) mass is 1400 g/mol. The minimum atomic E-state index is -2.16. The number of amidine groups is 1. The molecule has 7 amide bonds. The van der Waals surface area contributed by atoms with E-state index in [1.807, 2.05) is 24.3 Å². The second-order valence-corrected chi connectivity index (χ2v) is 25.3. The summed E-state index contributed by atoms with van der Waals surface area (Å²) < 4.78 is 20.4. The van der Waals surface area contributed by atoms with E-state index in [1.165, 1.54) is 42.5 Å². The SMILES string of the molecule is [C-]#[N+]NC(=NCC[C@@H](O)[C@@H]1NC(=O)[C@H]([C@H](O)Cc2ccc(O)c(OSOOO)c2)NC(=O)[C@@H]2C[C@H](O)CN2C(=O)[C@H]([C@H](C)O)NC(=O)[C@@H](NC(=O)c2ccc(-c3nnc(-c4ccc(OCCCCCCCOC)cc4)s3)cc2)C[C@H](O)CNC(=O)[C@@H]2[C@@H](O)[C@H](C)CN2C1=O)SC. The number of carbonyl (C=O) groups excluding carboxylic acids is 7. The van der Waals surface area contributed by atoms with E-state index in [0.29, 0.717) is 27.9 Å². The first kappa shape index (κ1) is 75.5. The van der Waals surface area contributed by atoms with E-state index in [9.17, 15) is 64.5 Å². The number of aromatic hydroxyl groups is 1. The number of aromatic nitrogens is 2. The molecule has 0 aliphatic carbocycles. The molecule has 3 fully saturated rings. The molecule has 0 radical (unpaired) electrons. The number of nitrogens with zero attached hydrogens (tertiary/aromatic N) is 6. The van der Waals surface area contributed by atoms with Gasteiger partial charge in [0, 0.05) is 81.8 Å². The molecule has 522 valence electrons. The summed E-state index contributed by atoms with van der Waals surface area (Å²) in [6.07, 6.45) is -5.83. The van der Waals surface area contributed by atoms with Gasteiger partial charge in [-0.25, -0.2) is 5.26 Å². The van der Waals surface area contributed by atoms with Gasteiger partial charge in [-0.15, -0.1) is 10.2 Å². The summed E-state index contributed by atoms with van der Waals surface area (Å²) in [5.74, 6) is -8.86. The first-order chi connectivity index (χ1) is 46.0. The zero-order valence-corrected chi connectivity index (χ0v) is 55.3. The van der Waals surface area contributed by atoms with E-state index in [1.54, 1.807) is 25.5 Å². The van der Waals surface area contributed by atoms with E-state index >= 15 is 4.79 Å². The number of aliphatic imine (C=N–C) groups is 1. The number of phenolic OH excluding ortho intramolecular Hbond substituents is 1. The van der Waals surface area contributed by atoms with Crippen molar-refractivity contribution in [2.24, 2.45) is 10.9 Å². The molecule has 4 aromatic rings. The third-order valence-corrected chi connectivity index (χ3v) is 18.1. The fourth-order valence-electron chi connectivity index (χ4n) is 11.0. The number of aliphatic hydroxyl groups excluding tert-OH is 6. The summed E-state index contributed by atoms with van der Waals surface area (Å²) in [5, 5.41) is 114. The number of β-amino-alcohol motifs (C(OH)–C–C–N with tert-alkyl or cyclic N) is 1. The predicted octanol–water partition coefficient (Wildman–Crippen LogP) is 0.398. The maximum absolute atomic E-state index is 15.0. The van der Waals surface area contributed by atoms with Crippen LogP contribution in [0, 0.1) is 12.5 Å². The summed E-state index contributed by atoms with van der Waals surface area (Å²) in [5.41, 5.74) is 3.84. The number of rotatable bonds is 25. The van der Waals surface area contributed by atoms with Crippen LogP contribution in [0.5, 0.6) is 17.2 Å². The fraction of sp³-hybridized carbons (Fsp3) is 0.525. The van der Waals surface area contributed by atoms with Crippen LogP contribution in [0.4, 0.5) is 0 Å². The lowest BCUT2D eigenvalue weighted by Gasteiger charge is -2.34. The van der Waals surface area contributed by atoms with Crippen LogP contribution in [0.15, 0.2) is 71.7 Å². The number of aliphatic hydroxyl groups is 6. The molecule has 0 unspecified atom stereocenters. The van der Waals surface area contributed by atoms with Crippen LogP contribution in [-0.2, 0) is 49.3 Å². The Balaban J connectivity index is 1.17. The number of benzene rings is 3. The molecule has 14 N–H and O–H groups in total. The second kappa shape index (κ2) is 37.1. The highest BCUT2D eigenvalue weighted by Gasteiger charge is 2.50. The number of hydrogen-bond acceptors (Lipinski definition) is 26. The van der Waals surface area contributed by atoms with Gasteiger partial charge in [0.25, 0.3) is 18.2 Å². The molecule has 3 aromatic carbocycles. The molecule has 4 heterocycles. The average Bonchev–Trinajstić information content (AvgIpc) is 1.62. The number of methoxy groups -OCH3 is 1. The van der Waals surface area contributed by atoms with Crippen LogP contribution in [0.1, 0.15) is 81.1 Å². The smallest absolute Gasteiger partial charge is 0.261 e. The number of fused-ring (bicyclic) bond motifs is 2. The Morgan fingerprint density at radius 2 is 1.45 bits per heavy atom. The first-order valence-corrected chi connectivity index (χ1v) is 33.5. The lowest BCUT2D eigenvalue weighted by molar-refractivity contribution is -0.433. The third kappa shape index (κ3) is 20.8. The van der Waals surface area contributed by atoms with E-state index in [-0.39, 0.29) is 47.5 Å². The standard InChI is InChI=1S/C61H80N12O20S3/c1-32-30-73-50(51(32)80)56(85)64-29-38(75)27-41(65-52(81)35-12-14-36(15-13-35)57-69-70-58(95-57)37-16-18-40(19-17-37)90-24-10-8-6-7-9-23-89-4)53(82)66-47(33(2)74)59(86)72-31-39(76)28-42(72)54(83)67-48(45(79)25-34-11-20-43(77)46(26-34)91-96-93-92-88)55(84)68-49(60(73)87)44(78)21-22-63-61(94-5)71-62-3/h11-20,26,32-33,38-39,41-42,44-45,47-51,74-80,88H,6-10,21-25,27-31H2,1-2,4-5H3,(H,63,71)(H,64,85)(H,65,81)(H,66,82)(H,67,83)(H,68,84)/t32-,33+,38+,39+,41+,42+,44-,45-,47+,48+,49+,50+,51+/m1/s1. The molecule has 35 heteroatoms. The van der Waals surface area contributed by atoms with Crippen molar-refractivity contribution in [1.29, 1.82) is 0 Å². The van der Waals surface area contributed by atoms with Crippen molar-refractivity contribution in [3.05, 3.63) is 89.4 Å². The lowest BCUT2D eigenvalue weighted by Crippen LogP contribution is -2.64. The Hall–Kier alpha value is -7.83. The van der Waals surface area contributed by atoms with E-state index in [2.05, 4.69) is 61.5 Å². The highest BCUT2D eigenvalue weighted by molar-refractivity contribution is 8.13. The van der Waals surface area contributed by atoms with Crippen molar-refractivity contribution >= 4 is 81.9 Å². The van der Waals surface area contributed by atoms with Gasteiger partial charge in [-0.3, -0.25) is 38.6 Å². The van der Waals surface area contributed by atoms with Gasteiger partial charge in [0.05, 0.1) is 43.2 Å². The number of carbonyl (C=O) groups is 7. The average molecular weight is 1400 g/mol. The summed E-state index contributed by atoms with van der Waals surface area (Å²) in [6.45, 7) is 9.24. The van der Waals surface area contributed by atoms with Crippen molar-refractivity contribution < 1.29 is 97.6 Å². The summed E-state index contributed by atoms with van der Waals surface area (Å²) in [7, 11) is 1.69. The van der Waals surface area contributed by atoms with Crippen molar-refractivity contribution in [2.75, 3.05) is 52.8 Å². The number of unbranched alkanes of at least 4 members (excludes halogenated alkanes) is 4. The number of nitrogens with one attached hydrogen (secondary N) is 6. The largest absolute Gasteiger partial charge is 0.504 e. The van der Waals surface area contributed by atoms with E-state index < -0.39 is 165 Å². The van der Waals surface area contributed by atoms with Gasteiger partial charge in [-0.2, -0.15) is 11.5 Å². The maximum Gasteiger partial charge on any atom is 0.261 e. The van der Waals surface area contributed by atoms with Crippen LogP contribution in [0.2, 0.25) is 0 Å². The zero-order valence-electron chi connectivity index (χ0n) is 52.8. The zero-order chi connectivity index (χ0) is 69.6. The van der Waals surface area contributed by atoms with Crippen LogP contribution >= 0.6 is 35.4 Å². The minimum absolute atomic E-state index is 0.00968. The summed E-state index contributed by atoms with van der Waals surface area (Å²) >= 11 is 2.41. The Morgan fingerprint density at radius 1 is 0.802 bits per heavy atom. The van der Waals surface area contributed by atoms with Crippen molar-refractivity contribution in [3.63, 3.8) is 0 Å². The van der Waals surface area contributed by atoms with Gasteiger partial charge in [0.1, 0.15) is 52.0 Å². The van der Waals surface area contributed by atoms with Gasteiger partial charge in [-0.05, 0) is 86.5 Å². The molecule has 3 aliphatic heterocycles. The molecule has 7 rings (SSSR count). The van der Waals surface area contributed by atoms with Crippen LogP contribution in [0.3, 0.4) is 0 Å². The number of amides is 7. The summed E-state index contributed by atoms with van der Waals surface area (Å²) in [6, 6.07) is 5.70. The highest BCUT2D eigenvalue weighted by atomic mass is 32.2. The molecule has 1 aromatic heterocycles. The molecular weight excluding hydrogens is 1320 g/mol. The highest BCUT2D eigenvalue weighted by Crippen LogP contribution is 2.33. The van der Waals surface area contributed by atoms with Gasteiger partial charge in [-0.1, -0.05) is 82.3 Å². The summed E-state index contributed by atoms with van der Waals surface area (Å²) in [4.78, 5) is 111. The van der Waals surface area contributed by atoms with Crippen LogP contribution in [0.25, 0.3) is 26.1 Å². The fourth-order valence-corrected chi connectivity index (χ4v) is 12.4. The molecule has 96 heavy (non-hydrogen) atoms. The lowest BCUT2D eigenvalue weighted by atomic mass is 9.98. The van der Waals surface area contributed by atoms with Crippen LogP contribution in [-0.4, -0.2) is 233 Å². The predicted molar refractivity (Wildman–Crippen MR) is 347 cm³/mol. The quantitative estimate of drug-likeness (QED) is 0.00812. The number of thioether (sulfide) groups is 1. The van der Waals surface area contributed by atoms with Crippen molar-refractivity contribution in [1.82, 2.24) is 52.0 Å². The van der Waals surface area contributed by atoms with Crippen molar-refractivity contribution in [3.8, 4) is 38.4 Å². The maximum atomic E-state index is 15.0. The molecule has 3 saturated heterocycles. The Kier molecular flexibility index (Phi) is 29.2.